The fraction of sp³-hybridized carbons (Fsp3) is 0.0886. The van der Waals surface area contributed by atoms with E-state index in [9.17, 15) is 189 Å². The molecule has 0 heterocycles. The van der Waals surface area contributed by atoms with Gasteiger partial charge in [0.2, 0.25) is 0 Å². The normalized spacial score (nSPS) is 10.3. The van der Waals surface area contributed by atoms with Gasteiger partial charge < -0.3 is 33.1 Å². The third-order valence-corrected chi connectivity index (χ3v) is 18.3. The predicted molar refractivity (Wildman–Crippen MR) is 443 cm³/mol. The van der Waals surface area contributed by atoms with Crippen LogP contribution in [-0.4, -0.2) is 33.1 Å². The van der Waals surface area contributed by atoms with E-state index in [-0.39, 0.29) is 76.9 Å². The SMILES string of the molecule is Br.C.C.CN(C)c1ccccc1.CN(C)c1ccccc1.Cc1c(F)c(F)c2c(F)c(F)c(F)c(F)c2c1F.Cl.ClB(Cl)Cl.Fc1c(F)c(F)c2c(F)c(Br)c(F)c(F)c2c1F.Fc1c(F)c(F)c2c(F)c(Br)c(F)c(F)c2c1F.Fc1c(F)c(F)c2c(F)c(F)c(F)c(F)c2c1F.NN.NNc1c(F)c(F)c2c(F)c(F)c(F)c(F)c2c1F.NNc1c(F)c(F)c2c(F)c(F)c(F)c(F)c2c1F.[Cl-].[H+].[Li+]. The first kappa shape index (κ1) is 132. The molecule has 0 unspecified atom stereocenters. The Balaban J connectivity index is -0.00000153. The topological polar surface area (TPSA) is 135 Å². The predicted octanol–water partition coefficient (Wildman–Crippen LogP) is 23.8. The third kappa shape index (κ3) is 26.1. The molecule has 0 spiro atoms. The van der Waals surface area contributed by atoms with Gasteiger partial charge in [-0.1, -0.05) is 51.3 Å². The Morgan fingerprint density at radius 3 is 0.521 bits per heavy atom. The smallest absolute Gasteiger partial charge is 1.00 e. The van der Waals surface area contributed by atoms with Crippen LogP contribution in [-0.2, 0) is 0 Å². The first-order valence-corrected chi connectivity index (χ1v) is 36.5. The number of hydrazine groups is 3. The molecule has 0 aliphatic carbocycles. The molecule has 0 aliphatic heterocycles. The Morgan fingerprint density at radius 1 is 0.243 bits per heavy atom. The molecular weight excluding hydrogens is 2310 g/mol. The summed E-state index contributed by atoms with van der Waals surface area (Å²) in [4.78, 5) is 3.42. The second-order valence-electron chi connectivity index (χ2n) is 25.0. The van der Waals surface area contributed by atoms with Gasteiger partial charge in [0.25, 0.3) is 0 Å². The van der Waals surface area contributed by atoms with Crippen molar-refractivity contribution in [2.45, 2.75) is 21.8 Å². The minimum absolute atomic E-state index is 0. The number of anilines is 4. The molecule has 14 aromatic carbocycles. The number of fused-ring (bicyclic) bond motifs is 6. The second kappa shape index (κ2) is 54.6. The van der Waals surface area contributed by atoms with E-state index in [1.54, 1.807) is 0 Å². The number of nitrogen functional groups attached to an aromatic ring is 2. The number of nitrogens with one attached hydrogen (secondary N) is 2. The van der Waals surface area contributed by atoms with Crippen molar-refractivity contribution in [3.05, 3.63) is 325 Å². The maximum atomic E-state index is 13.6. The molecule has 0 saturated heterocycles. The summed E-state index contributed by atoms with van der Waals surface area (Å²) < 4.78 is 563. The molecule has 0 aromatic heterocycles. The van der Waals surface area contributed by atoms with Gasteiger partial charge in [-0.25, -0.2) is 189 Å². The molecule has 0 atom stereocenters. The minimum Gasteiger partial charge on any atom is -1.00 e. The number of halogens is 51. The summed E-state index contributed by atoms with van der Waals surface area (Å²) >= 11 is 18.9. The summed E-state index contributed by atoms with van der Waals surface area (Å²) in [6.45, 7) is 0.756. The Bertz CT molecular complexity index is 5850. The number of hydrogen-bond donors (Lipinski definition) is 6. The second-order valence-corrected chi connectivity index (χ2v) is 28.6. The zero-order valence-corrected chi connectivity index (χ0v) is 75.6. The Kier molecular flexibility index (Phi) is 51.6. The molecule has 61 heteroatoms. The maximum Gasteiger partial charge on any atom is 1.00 e. The maximum absolute atomic E-state index is 13.6. The summed E-state index contributed by atoms with van der Waals surface area (Å²) in [5, 5.41) is -19.5. The van der Waals surface area contributed by atoms with E-state index in [2.05, 4.69) is 89.3 Å². The molecule has 762 valence electrons. The average Bonchev–Trinajstić information content (AvgIpc) is 0.746. The van der Waals surface area contributed by atoms with Crippen LogP contribution in [0.15, 0.2) is 69.6 Å². The van der Waals surface area contributed by atoms with E-state index in [1.807, 2.05) is 64.6 Å². The van der Waals surface area contributed by atoms with Gasteiger partial charge >= 0.3 is 25.2 Å². The molecule has 0 saturated carbocycles. The standard InChI is InChI=1S/C11H3F7.2C10BrF7.C10F8.2C10H3F7N2.2C8H11N.2CH4.BCl3.BrH.2ClH.Li.H4N2/c1-2-5(12)3-4(7(14)6(2)13)9(16)11(18)10(17)8(3)15;2*11-3-4(12)1-2(5(13)8(3)16)7(15)10(18)9(17)6(1)14;11-3-1-2(5(13)9(17)7(3)15)6(14)10(18)8(16)4(1)12;2*11-3-1-2(4(12)8(16)7(3)15)6(14)10(19-18)9(17)5(1)13;2*1-9(2)8-6-4-3-5-7-8;;;2-1(3)4;;;;;1-2/h1H3;;;;2*19H,18H2;2*3-7H,1-2H3;2*1H4;;3*1H;;1-2H2/q;;;;;;;;;;;;;;+1;. The van der Waals surface area contributed by atoms with Gasteiger partial charge in [-0.2, -0.15) is 34.4 Å². The van der Waals surface area contributed by atoms with Gasteiger partial charge in [-0.05, 0) is 63.0 Å². The Labute approximate surface area is 823 Å². The van der Waals surface area contributed by atoms with Crippen LogP contribution >= 0.6 is 95.6 Å². The Morgan fingerprint density at radius 2 is 0.371 bits per heavy atom. The van der Waals surface area contributed by atoms with E-state index in [4.69, 9.17) is 34.4 Å². The first-order valence-electron chi connectivity index (χ1n) is 33.6. The fourth-order valence-electron chi connectivity index (χ4n) is 10.6. The van der Waals surface area contributed by atoms with E-state index in [0.717, 1.165) is 6.92 Å². The number of benzene rings is 14. The quantitative estimate of drug-likeness (QED) is 0.0256. The van der Waals surface area contributed by atoms with E-state index < -0.39 is 346 Å². The van der Waals surface area contributed by atoms with Crippen molar-refractivity contribution in [2.24, 2.45) is 23.4 Å². The summed E-state index contributed by atoms with van der Waals surface area (Å²) in [5.41, 5.74) is 1.63. The van der Waals surface area contributed by atoms with Crippen LogP contribution in [0.2, 0.25) is 0 Å². The van der Waals surface area contributed by atoms with Crippen molar-refractivity contribution in [3.8, 4) is 0 Å². The zero-order chi connectivity index (χ0) is 103. The van der Waals surface area contributed by atoms with Crippen molar-refractivity contribution in [3.63, 3.8) is 0 Å². The van der Waals surface area contributed by atoms with E-state index in [1.165, 1.54) is 22.2 Å². The van der Waals surface area contributed by atoms with Gasteiger partial charge in [-0.3, -0.25) is 23.4 Å². The molecule has 0 amide bonds. The van der Waals surface area contributed by atoms with Crippen LogP contribution in [0.3, 0.4) is 0 Å². The molecule has 0 bridgehead atoms. The monoisotopic (exact) mass is 2350 g/mol. The molecular formula is C79H46BBr3Cl5F43LiN8+. The van der Waals surface area contributed by atoms with Gasteiger partial charge in [-0.15, -0.1) is 29.4 Å². The molecule has 14 rings (SSSR count). The summed E-state index contributed by atoms with van der Waals surface area (Å²) in [6.07, 6.45) is 0. The summed E-state index contributed by atoms with van der Waals surface area (Å²) in [6, 6.07) is 20.5. The fourth-order valence-corrected chi connectivity index (χ4v) is 11.4. The number of nitrogens with zero attached hydrogens (tertiary/aromatic N) is 2. The summed E-state index contributed by atoms with van der Waals surface area (Å²) in [7, 11) is 8.15. The van der Waals surface area contributed by atoms with Crippen molar-refractivity contribution >= 4 is 188 Å². The molecule has 0 fully saturated rings. The number of hydrogen-bond acceptors (Lipinski definition) is 8. The van der Waals surface area contributed by atoms with Crippen molar-refractivity contribution in [2.75, 3.05) is 48.8 Å². The Hall–Kier alpha value is -9.78. The van der Waals surface area contributed by atoms with Gasteiger partial charge in [0.15, 0.2) is 244 Å². The first-order chi connectivity index (χ1) is 62.1. The van der Waals surface area contributed by atoms with Gasteiger partial charge in [0, 0.05) is 45.1 Å². The van der Waals surface area contributed by atoms with E-state index >= 15 is 0 Å². The molecule has 14 aromatic rings. The van der Waals surface area contributed by atoms with Crippen LogP contribution in [0.1, 0.15) is 21.8 Å². The van der Waals surface area contributed by atoms with Crippen molar-refractivity contribution in [1.82, 2.24) is 0 Å². The van der Waals surface area contributed by atoms with Crippen LogP contribution in [0.4, 0.5) is 212 Å². The average molecular weight is 2360 g/mol. The third-order valence-electron chi connectivity index (χ3n) is 16.9. The van der Waals surface area contributed by atoms with Gasteiger partial charge in [0.05, 0.1) is 73.6 Å². The zero-order valence-electron chi connectivity index (χ0n) is 67.9. The molecule has 0 aliphatic rings. The number of rotatable bonds is 4. The largest absolute Gasteiger partial charge is 1.00 e. The molecule has 0 radical (unpaired) electrons. The number of para-hydroxylation sites is 2. The molecule has 10 N–H and O–H groups in total. The minimum atomic E-state index is -2.45. The van der Waals surface area contributed by atoms with Crippen LogP contribution in [0.25, 0.3) is 64.6 Å². The molecule has 140 heavy (non-hydrogen) atoms. The van der Waals surface area contributed by atoms with Gasteiger partial charge in [0.1, 0.15) is 17.2 Å². The number of nitrogens with two attached hydrogens (primary N) is 4. The van der Waals surface area contributed by atoms with Crippen molar-refractivity contribution < 1.29 is 221 Å². The van der Waals surface area contributed by atoms with Crippen molar-refractivity contribution in [1.29, 1.82) is 0 Å². The van der Waals surface area contributed by atoms with Crippen LogP contribution < -0.4 is 75.3 Å². The van der Waals surface area contributed by atoms with Crippen LogP contribution in [0, 0.1) is 257 Å². The molecule has 8 nitrogen and oxygen atoms in total. The summed E-state index contributed by atoms with van der Waals surface area (Å²) in [5.74, 6) is -75.8. The van der Waals surface area contributed by atoms with Crippen LogP contribution in [0.5, 0.6) is 0 Å². The van der Waals surface area contributed by atoms with E-state index in [0.29, 0.717) is 0 Å².